The zero-order valence-electron chi connectivity index (χ0n) is 18.7. The lowest BCUT2D eigenvalue weighted by atomic mass is 9.98. The molecule has 1 amide bonds. The van der Waals surface area contributed by atoms with E-state index in [0.29, 0.717) is 50.0 Å². The molecule has 1 aliphatic rings. The molecule has 178 valence electrons. The molecule has 0 aliphatic carbocycles. The molecule has 2 aromatic heterocycles. The molecule has 1 fully saturated rings. The number of ether oxygens (including phenoxy) is 1. The Bertz CT molecular complexity index is 1170. The molecule has 0 radical (unpaired) electrons. The van der Waals surface area contributed by atoms with Crippen molar-refractivity contribution in [3.05, 3.63) is 35.6 Å². The van der Waals surface area contributed by atoms with E-state index in [1.54, 1.807) is 4.90 Å². The number of morpholine rings is 1. The van der Waals surface area contributed by atoms with Crippen molar-refractivity contribution in [1.82, 2.24) is 9.47 Å². The molecule has 1 saturated heterocycles. The van der Waals surface area contributed by atoms with Crippen LogP contribution in [0.4, 0.5) is 13.2 Å². The van der Waals surface area contributed by atoms with Crippen molar-refractivity contribution in [3.63, 3.8) is 0 Å². The number of fused-ring (bicyclic) bond motifs is 3. The number of benzene rings is 1. The van der Waals surface area contributed by atoms with Crippen LogP contribution < -0.4 is 0 Å². The van der Waals surface area contributed by atoms with Gasteiger partial charge in [0, 0.05) is 30.5 Å². The van der Waals surface area contributed by atoms with Gasteiger partial charge in [0.15, 0.2) is 11.3 Å². The van der Waals surface area contributed by atoms with Gasteiger partial charge in [-0.15, -0.1) is 0 Å². The van der Waals surface area contributed by atoms with Crippen molar-refractivity contribution >= 4 is 33.8 Å². The maximum Gasteiger partial charge on any atom is 0.416 e. The molecule has 1 unspecified atom stereocenters. The van der Waals surface area contributed by atoms with Crippen molar-refractivity contribution < 1.29 is 31.9 Å². The van der Waals surface area contributed by atoms with Crippen LogP contribution in [-0.4, -0.2) is 47.6 Å². The van der Waals surface area contributed by atoms with E-state index in [9.17, 15) is 22.8 Å². The molecule has 1 aromatic carbocycles. The summed E-state index contributed by atoms with van der Waals surface area (Å²) in [6.07, 6.45) is -1.59. The normalized spacial score (nSPS) is 16.0. The SMILES string of the molecule is CCCCC(CC)C(=O)n1c2cc(C(F)(F)F)ccc2c2oc(C(=O)N3CCOCC3)cc21. The molecule has 1 atom stereocenters. The molecular weight excluding hydrogens is 437 g/mol. The number of alkyl halides is 3. The lowest BCUT2D eigenvalue weighted by Crippen LogP contribution is -2.40. The van der Waals surface area contributed by atoms with Crippen molar-refractivity contribution in [2.75, 3.05) is 26.3 Å². The molecule has 0 spiro atoms. The molecule has 0 bridgehead atoms. The highest BCUT2D eigenvalue weighted by Crippen LogP contribution is 2.37. The third-order valence-corrected chi connectivity index (χ3v) is 6.24. The van der Waals surface area contributed by atoms with Crippen LogP contribution >= 0.6 is 0 Å². The van der Waals surface area contributed by atoms with E-state index in [0.717, 1.165) is 25.0 Å². The van der Waals surface area contributed by atoms with Crippen LogP contribution in [0.5, 0.6) is 0 Å². The Morgan fingerprint density at radius 1 is 1.09 bits per heavy atom. The summed E-state index contributed by atoms with van der Waals surface area (Å²) in [4.78, 5) is 28.1. The van der Waals surface area contributed by atoms with Gasteiger partial charge in [-0.05, 0) is 31.0 Å². The van der Waals surface area contributed by atoms with Gasteiger partial charge in [0.05, 0.1) is 29.8 Å². The van der Waals surface area contributed by atoms with Crippen LogP contribution in [0.25, 0.3) is 22.0 Å². The molecule has 3 aromatic rings. The summed E-state index contributed by atoms with van der Waals surface area (Å²) in [7, 11) is 0. The monoisotopic (exact) mass is 464 g/mol. The van der Waals surface area contributed by atoms with Crippen LogP contribution in [0.3, 0.4) is 0 Å². The first-order valence-corrected chi connectivity index (χ1v) is 11.3. The standard InChI is InChI=1S/C24H27F3N2O4/c1-3-5-6-15(4-2)22(30)29-18-13-16(24(25,26)27)7-8-17(18)21-19(29)14-20(33-21)23(31)28-9-11-32-12-10-28/h7-8,13-15H,3-6,9-12H2,1-2H3. The Kier molecular flexibility index (Phi) is 6.52. The average Bonchev–Trinajstić information content (AvgIpc) is 3.35. The third-order valence-electron chi connectivity index (χ3n) is 6.24. The van der Waals surface area contributed by atoms with E-state index in [4.69, 9.17) is 9.15 Å². The Morgan fingerprint density at radius 3 is 2.45 bits per heavy atom. The second-order valence-corrected chi connectivity index (χ2v) is 8.38. The van der Waals surface area contributed by atoms with E-state index >= 15 is 0 Å². The summed E-state index contributed by atoms with van der Waals surface area (Å²) in [5.41, 5.74) is -0.130. The van der Waals surface area contributed by atoms with Crippen molar-refractivity contribution in [2.24, 2.45) is 5.92 Å². The number of furan rings is 1. The molecule has 6 nitrogen and oxygen atoms in total. The first-order valence-electron chi connectivity index (χ1n) is 11.3. The predicted molar refractivity (Wildman–Crippen MR) is 117 cm³/mol. The lowest BCUT2D eigenvalue weighted by Gasteiger charge is -2.25. The first-order chi connectivity index (χ1) is 15.8. The number of hydrogen-bond donors (Lipinski definition) is 0. The van der Waals surface area contributed by atoms with Crippen LogP contribution in [0.1, 0.15) is 60.4 Å². The van der Waals surface area contributed by atoms with Gasteiger partial charge >= 0.3 is 6.18 Å². The molecule has 9 heteroatoms. The van der Waals surface area contributed by atoms with E-state index in [-0.39, 0.29) is 34.6 Å². The topological polar surface area (TPSA) is 64.7 Å². The highest BCUT2D eigenvalue weighted by molar-refractivity contribution is 6.13. The Hall–Kier alpha value is -2.81. The second kappa shape index (κ2) is 9.21. The van der Waals surface area contributed by atoms with Gasteiger partial charge in [0.2, 0.25) is 5.91 Å². The average molecular weight is 464 g/mol. The largest absolute Gasteiger partial charge is 0.449 e. The highest BCUT2D eigenvalue weighted by atomic mass is 19.4. The number of carbonyl (C=O) groups is 2. The van der Waals surface area contributed by atoms with E-state index < -0.39 is 11.7 Å². The summed E-state index contributed by atoms with van der Waals surface area (Å²) in [5, 5.41) is 0.373. The molecule has 0 N–H and O–H groups in total. The maximum atomic E-state index is 13.5. The van der Waals surface area contributed by atoms with Crippen LogP contribution in [0.2, 0.25) is 0 Å². The number of rotatable bonds is 6. The fraction of sp³-hybridized carbons (Fsp3) is 0.500. The second-order valence-electron chi connectivity index (χ2n) is 8.38. The molecule has 1 aliphatic heterocycles. The predicted octanol–water partition coefficient (Wildman–Crippen LogP) is 5.74. The minimum absolute atomic E-state index is 0.0619. The van der Waals surface area contributed by atoms with Crippen molar-refractivity contribution in [2.45, 2.75) is 45.7 Å². The van der Waals surface area contributed by atoms with Crippen LogP contribution in [-0.2, 0) is 10.9 Å². The van der Waals surface area contributed by atoms with Gasteiger partial charge in [-0.25, -0.2) is 0 Å². The number of aromatic nitrogens is 1. The summed E-state index contributed by atoms with van der Waals surface area (Å²) in [6, 6.07) is 4.74. The fourth-order valence-electron chi connectivity index (χ4n) is 4.36. The third kappa shape index (κ3) is 4.38. The fourth-order valence-corrected chi connectivity index (χ4v) is 4.36. The molecule has 3 heterocycles. The summed E-state index contributed by atoms with van der Waals surface area (Å²) < 4.78 is 52.7. The molecule has 4 rings (SSSR count). The zero-order valence-corrected chi connectivity index (χ0v) is 18.7. The van der Waals surface area contributed by atoms with E-state index in [1.165, 1.54) is 16.7 Å². The number of carbonyl (C=O) groups excluding carboxylic acids is 2. The molecule has 0 saturated carbocycles. The minimum Gasteiger partial charge on any atom is -0.449 e. The Labute approximate surface area is 189 Å². The quantitative estimate of drug-likeness (QED) is 0.467. The van der Waals surface area contributed by atoms with E-state index in [1.807, 2.05) is 13.8 Å². The van der Waals surface area contributed by atoms with Gasteiger partial charge in [-0.1, -0.05) is 26.7 Å². The Balaban J connectivity index is 1.86. The minimum atomic E-state index is -4.54. The Morgan fingerprint density at radius 2 is 1.82 bits per heavy atom. The highest BCUT2D eigenvalue weighted by Gasteiger charge is 2.33. The van der Waals surface area contributed by atoms with Gasteiger partial charge in [0.25, 0.3) is 5.91 Å². The van der Waals surface area contributed by atoms with Crippen LogP contribution in [0.15, 0.2) is 28.7 Å². The zero-order chi connectivity index (χ0) is 23.8. The van der Waals surface area contributed by atoms with Gasteiger partial charge in [-0.3, -0.25) is 14.2 Å². The van der Waals surface area contributed by atoms with Gasteiger partial charge in [0.1, 0.15) is 0 Å². The number of halogens is 3. The summed E-state index contributed by atoms with van der Waals surface area (Å²) in [5.74, 6) is -0.888. The van der Waals surface area contributed by atoms with E-state index in [2.05, 4.69) is 0 Å². The van der Waals surface area contributed by atoms with Gasteiger partial charge in [-0.2, -0.15) is 13.2 Å². The van der Waals surface area contributed by atoms with Gasteiger partial charge < -0.3 is 14.1 Å². The van der Waals surface area contributed by atoms with Crippen molar-refractivity contribution in [3.8, 4) is 0 Å². The number of hydrogen-bond acceptors (Lipinski definition) is 4. The summed E-state index contributed by atoms with van der Waals surface area (Å²) >= 11 is 0. The number of amides is 1. The lowest BCUT2D eigenvalue weighted by molar-refractivity contribution is -0.137. The van der Waals surface area contributed by atoms with Crippen LogP contribution in [0, 0.1) is 5.92 Å². The molecular formula is C24H27F3N2O4. The smallest absolute Gasteiger partial charge is 0.416 e. The first kappa shape index (κ1) is 23.4. The number of nitrogens with zero attached hydrogens (tertiary/aromatic N) is 2. The number of unbranched alkanes of at least 4 members (excludes halogenated alkanes) is 1. The molecule has 33 heavy (non-hydrogen) atoms. The van der Waals surface area contributed by atoms with Crippen molar-refractivity contribution in [1.29, 1.82) is 0 Å². The summed E-state index contributed by atoms with van der Waals surface area (Å²) in [6.45, 7) is 5.62. The maximum absolute atomic E-state index is 13.5.